The normalized spacial score (nSPS) is 12.6. The fourth-order valence-corrected chi connectivity index (χ4v) is 6.67. The number of hydrogen-bond acceptors (Lipinski definition) is 8. The monoisotopic (exact) mass is 682 g/mol. The highest BCUT2D eigenvalue weighted by molar-refractivity contribution is 6.32. The van der Waals surface area contributed by atoms with Gasteiger partial charge in [-0.15, -0.1) is 0 Å². The van der Waals surface area contributed by atoms with Crippen molar-refractivity contribution >= 4 is 34.3 Å². The number of para-hydroxylation sites is 2. The number of phenols is 2. The first-order valence-corrected chi connectivity index (χ1v) is 17.2. The fourth-order valence-electron chi connectivity index (χ4n) is 6.67. The Kier molecular flexibility index (Phi) is 10.6. The molecular formula is C41H47FN2O6. The second-order valence-corrected chi connectivity index (χ2v) is 14.0. The highest BCUT2D eigenvalue weighted by atomic mass is 19.1. The number of benzene rings is 4. The van der Waals surface area contributed by atoms with E-state index in [0.29, 0.717) is 5.69 Å². The van der Waals surface area contributed by atoms with Crippen molar-refractivity contribution < 1.29 is 33.7 Å². The van der Waals surface area contributed by atoms with E-state index < -0.39 is 45.6 Å². The van der Waals surface area contributed by atoms with Gasteiger partial charge < -0.3 is 30.3 Å². The Balaban J connectivity index is 1.94. The summed E-state index contributed by atoms with van der Waals surface area (Å²) in [5.74, 6) is -3.68. The summed E-state index contributed by atoms with van der Waals surface area (Å²) in [6.45, 7) is 16.6. The van der Waals surface area contributed by atoms with Gasteiger partial charge in [0.2, 0.25) is 11.6 Å². The largest absolute Gasteiger partial charge is 0.507 e. The second-order valence-electron chi connectivity index (χ2n) is 14.0. The topological polar surface area (TPSA) is 117 Å². The number of rotatable bonds is 12. The Hall–Kier alpha value is -4.89. The van der Waals surface area contributed by atoms with Crippen LogP contribution in [0.1, 0.15) is 133 Å². The van der Waals surface area contributed by atoms with Crippen molar-refractivity contribution in [3.8, 4) is 17.2 Å². The van der Waals surface area contributed by atoms with Crippen molar-refractivity contribution in [3.05, 3.63) is 98.9 Å². The molecule has 264 valence electrons. The van der Waals surface area contributed by atoms with Gasteiger partial charge in [-0.05, 0) is 58.1 Å². The number of halogens is 1. The minimum Gasteiger partial charge on any atom is -0.507 e. The molecule has 0 unspecified atom stereocenters. The van der Waals surface area contributed by atoms with E-state index in [4.69, 9.17) is 9.47 Å². The molecule has 0 radical (unpaired) electrons. The summed E-state index contributed by atoms with van der Waals surface area (Å²) >= 11 is 0. The first kappa shape index (κ1) is 36.4. The van der Waals surface area contributed by atoms with Gasteiger partial charge in [0.25, 0.3) is 0 Å². The van der Waals surface area contributed by atoms with Crippen molar-refractivity contribution in [2.75, 3.05) is 31.0 Å². The van der Waals surface area contributed by atoms with Gasteiger partial charge in [-0.25, -0.2) is 4.39 Å². The molecular weight excluding hydrogens is 635 g/mol. The standard InChI is InChI=1S/C41H47FN2O6/c1-20(2)24-12-10-13-25(21(3)4)35(24)43-37-34(42)32-33(40(48)31-29(46)17-16-28(45)30(31)39(32)47)41(50-19-18-49-9)38(37)44-36-26(22(5)6)14-11-15-27(36)23(7)8/h10-17,20-23,43-46H,18-19H2,1-9H3. The van der Waals surface area contributed by atoms with E-state index >= 15 is 4.39 Å². The van der Waals surface area contributed by atoms with E-state index in [0.717, 1.165) is 40.1 Å². The highest BCUT2D eigenvalue weighted by Gasteiger charge is 2.42. The number of nitrogens with one attached hydrogen (secondary N) is 2. The summed E-state index contributed by atoms with van der Waals surface area (Å²) in [5, 5.41) is 28.5. The first-order valence-electron chi connectivity index (χ1n) is 17.2. The van der Waals surface area contributed by atoms with Crippen molar-refractivity contribution in [2.45, 2.75) is 79.1 Å². The zero-order chi connectivity index (χ0) is 36.6. The van der Waals surface area contributed by atoms with E-state index in [1.807, 2.05) is 36.4 Å². The molecule has 0 bridgehead atoms. The average Bonchev–Trinajstić information content (AvgIpc) is 3.06. The smallest absolute Gasteiger partial charge is 0.202 e. The minimum atomic E-state index is -0.991. The molecule has 0 spiro atoms. The van der Waals surface area contributed by atoms with Gasteiger partial charge >= 0.3 is 0 Å². The van der Waals surface area contributed by atoms with Crippen LogP contribution in [0.25, 0.3) is 0 Å². The maximum Gasteiger partial charge on any atom is 0.202 e. The Bertz CT molecular complexity index is 1910. The molecule has 1 aliphatic rings. The number of ether oxygens (including phenoxy) is 2. The summed E-state index contributed by atoms with van der Waals surface area (Å²) in [7, 11) is 1.51. The van der Waals surface area contributed by atoms with Crippen molar-refractivity contribution in [2.24, 2.45) is 0 Å². The van der Waals surface area contributed by atoms with E-state index in [2.05, 4.69) is 66.0 Å². The lowest BCUT2D eigenvalue weighted by Crippen LogP contribution is -2.26. The molecule has 9 heteroatoms. The van der Waals surface area contributed by atoms with Crippen LogP contribution in [0.2, 0.25) is 0 Å². The molecule has 8 nitrogen and oxygen atoms in total. The van der Waals surface area contributed by atoms with E-state index in [1.54, 1.807) is 0 Å². The van der Waals surface area contributed by atoms with Gasteiger partial charge in [0.15, 0.2) is 11.6 Å². The summed E-state index contributed by atoms with van der Waals surface area (Å²) in [5.41, 5.74) is 3.44. The average molecular weight is 683 g/mol. The molecule has 50 heavy (non-hydrogen) atoms. The lowest BCUT2D eigenvalue weighted by atomic mass is 9.81. The summed E-state index contributed by atoms with van der Waals surface area (Å²) in [6, 6.07) is 14.2. The van der Waals surface area contributed by atoms with Gasteiger partial charge in [0.05, 0.1) is 28.9 Å². The third-order valence-electron chi connectivity index (χ3n) is 9.24. The SMILES string of the molecule is COCCOc1c(Nc2c(C(C)C)cccc2C(C)C)c(Nc2c(C(C)C)cccc2C(C)C)c(F)c2c1C(=O)c1c(O)ccc(O)c1C2=O. The van der Waals surface area contributed by atoms with Crippen LogP contribution in [-0.4, -0.2) is 42.1 Å². The molecule has 4 N–H and O–H groups in total. The van der Waals surface area contributed by atoms with Crippen LogP contribution in [0.4, 0.5) is 27.1 Å². The number of hydrogen-bond donors (Lipinski definition) is 4. The molecule has 0 heterocycles. The number of ketones is 2. The van der Waals surface area contributed by atoms with Crippen LogP contribution < -0.4 is 15.4 Å². The first-order chi connectivity index (χ1) is 23.7. The number of carbonyl (C=O) groups is 2. The maximum absolute atomic E-state index is 17.6. The van der Waals surface area contributed by atoms with Crippen molar-refractivity contribution in [1.82, 2.24) is 0 Å². The summed E-state index contributed by atoms with van der Waals surface area (Å²) in [4.78, 5) is 28.6. The number of methoxy groups -OCH3 is 1. The molecule has 5 rings (SSSR count). The zero-order valence-electron chi connectivity index (χ0n) is 30.2. The number of aromatic hydroxyl groups is 2. The third kappa shape index (κ3) is 6.42. The lowest BCUT2D eigenvalue weighted by molar-refractivity contribution is 0.0964. The Morgan fingerprint density at radius 1 is 0.580 bits per heavy atom. The van der Waals surface area contributed by atoms with Gasteiger partial charge in [-0.3, -0.25) is 9.59 Å². The molecule has 1 aliphatic carbocycles. The van der Waals surface area contributed by atoms with E-state index in [-0.39, 0.29) is 59.6 Å². The molecule has 0 saturated carbocycles. The second kappa shape index (κ2) is 14.5. The quantitative estimate of drug-likeness (QED) is 0.0759. The number of carbonyl (C=O) groups excluding carboxylic acids is 2. The van der Waals surface area contributed by atoms with Crippen molar-refractivity contribution in [3.63, 3.8) is 0 Å². The van der Waals surface area contributed by atoms with Gasteiger partial charge in [0.1, 0.15) is 29.5 Å². The number of phenolic OH excluding ortho intramolecular Hbond substituents is 2. The van der Waals surface area contributed by atoms with Crippen LogP contribution in [0.3, 0.4) is 0 Å². The lowest BCUT2D eigenvalue weighted by Gasteiger charge is -2.30. The maximum atomic E-state index is 17.6. The van der Waals surface area contributed by atoms with Crippen LogP contribution in [0, 0.1) is 5.82 Å². The Labute approximate surface area is 293 Å². The van der Waals surface area contributed by atoms with Crippen LogP contribution in [0.15, 0.2) is 48.5 Å². The van der Waals surface area contributed by atoms with Gasteiger partial charge in [-0.1, -0.05) is 91.8 Å². The van der Waals surface area contributed by atoms with Crippen LogP contribution in [0.5, 0.6) is 17.2 Å². The molecule has 0 amide bonds. The molecule has 0 fully saturated rings. The zero-order valence-corrected chi connectivity index (χ0v) is 30.2. The van der Waals surface area contributed by atoms with Crippen LogP contribution in [-0.2, 0) is 4.74 Å². The fraction of sp³-hybridized carbons (Fsp3) is 0.366. The van der Waals surface area contributed by atoms with Gasteiger partial charge in [-0.2, -0.15) is 0 Å². The van der Waals surface area contributed by atoms with Gasteiger partial charge in [0, 0.05) is 18.5 Å². The van der Waals surface area contributed by atoms with E-state index in [1.165, 1.54) is 7.11 Å². The predicted octanol–water partition coefficient (Wildman–Crippen LogP) is 10.0. The van der Waals surface area contributed by atoms with Crippen molar-refractivity contribution in [1.29, 1.82) is 0 Å². The molecule has 0 saturated heterocycles. The molecule has 0 atom stereocenters. The minimum absolute atomic E-state index is 0.0360. The Morgan fingerprint density at radius 3 is 1.38 bits per heavy atom. The number of fused-ring (bicyclic) bond motifs is 2. The molecule has 4 aromatic carbocycles. The summed E-state index contributed by atoms with van der Waals surface area (Å²) in [6.07, 6.45) is 0. The van der Waals surface area contributed by atoms with Crippen LogP contribution >= 0.6 is 0 Å². The number of anilines is 4. The highest BCUT2D eigenvalue weighted by Crippen LogP contribution is 2.51. The predicted molar refractivity (Wildman–Crippen MR) is 196 cm³/mol. The molecule has 4 aromatic rings. The third-order valence-corrected chi connectivity index (χ3v) is 9.24. The molecule has 0 aromatic heterocycles. The Morgan fingerprint density at radius 2 is 0.980 bits per heavy atom. The summed E-state index contributed by atoms with van der Waals surface area (Å²) < 4.78 is 29.2. The molecule has 0 aliphatic heterocycles. The van der Waals surface area contributed by atoms with E-state index in [9.17, 15) is 19.8 Å².